The van der Waals surface area contributed by atoms with E-state index in [0.717, 1.165) is 32.1 Å². The van der Waals surface area contributed by atoms with Gasteiger partial charge in [-0.3, -0.25) is 0 Å². The van der Waals surface area contributed by atoms with Crippen molar-refractivity contribution in [2.75, 3.05) is 26.2 Å². The van der Waals surface area contributed by atoms with Gasteiger partial charge in [-0.2, -0.15) is 17.0 Å². The smallest absolute Gasteiger partial charge is 0.281 e. The molecule has 2 aliphatic heterocycles. The molecule has 2 aliphatic rings. The van der Waals surface area contributed by atoms with Gasteiger partial charge in [0.1, 0.15) is 0 Å². The van der Waals surface area contributed by atoms with Crippen molar-refractivity contribution in [3.05, 3.63) is 0 Å². The first kappa shape index (κ1) is 14.2. The Balaban J connectivity index is 2.02. The Morgan fingerprint density at radius 1 is 1.06 bits per heavy atom. The summed E-state index contributed by atoms with van der Waals surface area (Å²) in [4.78, 5) is 0. The molecular formula is C12H25N3O2S. The summed E-state index contributed by atoms with van der Waals surface area (Å²) in [5.74, 6) is 0.312. The van der Waals surface area contributed by atoms with Crippen LogP contribution in [-0.4, -0.2) is 49.2 Å². The van der Waals surface area contributed by atoms with Gasteiger partial charge in [-0.05, 0) is 32.1 Å². The lowest BCUT2D eigenvalue weighted by atomic mass is 10.0. The molecule has 0 aromatic heterocycles. The molecule has 2 saturated heterocycles. The van der Waals surface area contributed by atoms with E-state index in [4.69, 9.17) is 5.73 Å². The molecule has 0 aromatic rings. The first-order chi connectivity index (χ1) is 8.51. The van der Waals surface area contributed by atoms with Gasteiger partial charge < -0.3 is 5.73 Å². The fourth-order valence-electron chi connectivity index (χ4n) is 2.83. The Bertz CT molecular complexity index is 362. The summed E-state index contributed by atoms with van der Waals surface area (Å²) < 4.78 is 28.3. The Kier molecular flexibility index (Phi) is 4.64. The molecule has 2 rings (SSSR count). The van der Waals surface area contributed by atoms with Crippen LogP contribution in [0.15, 0.2) is 0 Å². The van der Waals surface area contributed by atoms with Gasteiger partial charge in [-0.15, -0.1) is 0 Å². The highest BCUT2D eigenvalue weighted by atomic mass is 32.2. The molecule has 0 radical (unpaired) electrons. The molecule has 5 nitrogen and oxygen atoms in total. The minimum atomic E-state index is -3.24. The average Bonchev–Trinajstić information content (AvgIpc) is 2.66. The van der Waals surface area contributed by atoms with E-state index in [1.807, 2.05) is 6.92 Å². The molecule has 2 fully saturated rings. The van der Waals surface area contributed by atoms with Crippen molar-refractivity contribution in [2.24, 2.45) is 11.7 Å². The summed E-state index contributed by atoms with van der Waals surface area (Å²) in [7, 11) is -3.24. The van der Waals surface area contributed by atoms with Gasteiger partial charge in [0.15, 0.2) is 0 Å². The van der Waals surface area contributed by atoms with Gasteiger partial charge in [-0.1, -0.05) is 12.8 Å². The largest absolute Gasteiger partial charge is 0.328 e. The van der Waals surface area contributed by atoms with Gasteiger partial charge in [0, 0.05) is 32.2 Å². The average molecular weight is 275 g/mol. The maximum Gasteiger partial charge on any atom is 0.281 e. The first-order valence-electron chi connectivity index (χ1n) is 7.02. The second-order valence-electron chi connectivity index (χ2n) is 5.59. The number of hydrogen-bond donors (Lipinski definition) is 1. The summed E-state index contributed by atoms with van der Waals surface area (Å²) in [5, 5.41) is 0. The molecule has 2 atom stereocenters. The summed E-state index contributed by atoms with van der Waals surface area (Å²) >= 11 is 0. The van der Waals surface area contributed by atoms with E-state index in [9.17, 15) is 8.42 Å². The monoisotopic (exact) mass is 275 g/mol. The van der Waals surface area contributed by atoms with Crippen LogP contribution in [-0.2, 0) is 10.2 Å². The molecule has 0 bridgehead atoms. The highest BCUT2D eigenvalue weighted by Gasteiger charge is 2.36. The van der Waals surface area contributed by atoms with Crippen LogP contribution in [0.4, 0.5) is 0 Å². The second-order valence-corrected chi connectivity index (χ2v) is 7.52. The predicted octanol–water partition coefficient (Wildman–Crippen LogP) is 0.776. The number of hydrogen-bond acceptors (Lipinski definition) is 3. The quantitative estimate of drug-likeness (QED) is 0.827. The highest BCUT2D eigenvalue weighted by Crippen LogP contribution is 2.24. The zero-order valence-electron chi connectivity index (χ0n) is 11.2. The minimum Gasteiger partial charge on any atom is -0.328 e. The molecule has 2 unspecified atom stereocenters. The predicted molar refractivity (Wildman–Crippen MR) is 72.3 cm³/mol. The van der Waals surface area contributed by atoms with Crippen LogP contribution < -0.4 is 5.73 Å². The van der Waals surface area contributed by atoms with Gasteiger partial charge in [-0.25, -0.2) is 0 Å². The van der Waals surface area contributed by atoms with E-state index < -0.39 is 10.2 Å². The maximum atomic E-state index is 12.5. The van der Waals surface area contributed by atoms with E-state index in [1.165, 1.54) is 0 Å². The van der Waals surface area contributed by atoms with E-state index in [0.29, 0.717) is 32.1 Å². The third-order valence-electron chi connectivity index (χ3n) is 4.15. The van der Waals surface area contributed by atoms with Crippen molar-refractivity contribution in [1.82, 2.24) is 8.61 Å². The summed E-state index contributed by atoms with van der Waals surface area (Å²) in [6.45, 7) is 4.55. The zero-order chi connectivity index (χ0) is 13.2. The molecule has 6 heteroatoms. The van der Waals surface area contributed by atoms with Crippen LogP contribution in [0.1, 0.15) is 39.0 Å². The Morgan fingerprint density at radius 3 is 2.17 bits per heavy atom. The molecule has 18 heavy (non-hydrogen) atoms. The van der Waals surface area contributed by atoms with Crippen LogP contribution in [0, 0.1) is 5.92 Å². The first-order valence-corrected chi connectivity index (χ1v) is 8.42. The topological polar surface area (TPSA) is 66.6 Å². The van der Waals surface area contributed by atoms with Crippen LogP contribution in [0.2, 0.25) is 0 Å². The fraction of sp³-hybridized carbons (Fsp3) is 1.00. The lowest BCUT2D eigenvalue weighted by Crippen LogP contribution is -2.43. The van der Waals surface area contributed by atoms with Crippen molar-refractivity contribution in [2.45, 2.75) is 45.1 Å². The van der Waals surface area contributed by atoms with Gasteiger partial charge in [0.25, 0.3) is 10.2 Å². The third-order valence-corrected chi connectivity index (χ3v) is 6.15. The second kappa shape index (κ2) is 5.86. The van der Waals surface area contributed by atoms with E-state index in [1.54, 1.807) is 8.61 Å². The molecule has 0 saturated carbocycles. The molecule has 106 valence electrons. The van der Waals surface area contributed by atoms with Crippen LogP contribution in [0.3, 0.4) is 0 Å². The van der Waals surface area contributed by atoms with Gasteiger partial charge >= 0.3 is 0 Å². The summed E-state index contributed by atoms with van der Waals surface area (Å²) in [5.41, 5.74) is 5.87. The number of nitrogens with two attached hydrogens (primary N) is 1. The molecule has 0 aliphatic carbocycles. The SMILES string of the molecule is CC(N)C1CCN(S(=O)(=O)N2CCCCCC2)C1. The molecular weight excluding hydrogens is 250 g/mol. The van der Waals surface area contributed by atoms with Crippen molar-refractivity contribution in [1.29, 1.82) is 0 Å². The van der Waals surface area contributed by atoms with Crippen molar-refractivity contribution in [3.63, 3.8) is 0 Å². The van der Waals surface area contributed by atoms with Crippen LogP contribution >= 0.6 is 0 Å². The van der Waals surface area contributed by atoms with Crippen molar-refractivity contribution < 1.29 is 8.42 Å². The van der Waals surface area contributed by atoms with Crippen molar-refractivity contribution >= 4 is 10.2 Å². The van der Waals surface area contributed by atoms with Gasteiger partial charge in [0.05, 0.1) is 0 Å². The molecule has 2 N–H and O–H groups in total. The summed E-state index contributed by atoms with van der Waals surface area (Å²) in [6, 6.07) is 0.0781. The number of rotatable bonds is 3. The normalized spacial score (nSPS) is 30.2. The van der Waals surface area contributed by atoms with Gasteiger partial charge in [0.2, 0.25) is 0 Å². The molecule has 0 amide bonds. The van der Waals surface area contributed by atoms with E-state index in [2.05, 4.69) is 0 Å². The van der Waals surface area contributed by atoms with E-state index in [-0.39, 0.29) is 6.04 Å². The standard InChI is InChI=1S/C12H25N3O2S/c1-11(13)12-6-9-15(10-12)18(16,17)14-7-4-2-3-5-8-14/h11-12H,2-10,13H2,1H3. The van der Waals surface area contributed by atoms with Crippen LogP contribution in [0.5, 0.6) is 0 Å². The van der Waals surface area contributed by atoms with E-state index >= 15 is 0 Å². The highest BCUT2D eigenvalue weighted by molar-refractivity contribution is 7.86. The minimum absolute atomic E-state index is 0.0781. The lowest BCUT2D eigenvalue weighted by Gasteiger charge is -2.26. The molecule has 0 aromatic carbocycles. The Morgan fingerprint density at radius 2 is 1.67 bits per heavy atom. The zero-order valence-corrected chi connectivity index (χ0v) is 12.0. The summed E-state index contributed by atoms with van der Waals surface area (Å²) in [6.07, 6.45) is 5.17. The third kappa shape index (κ3) is 3.04. The number of nitrogens with zero attached hydrogens (tertiary/aromatic N) is 2. The fourth-order valence-corrected chi connectivity index (χ4v) is 4.59. The molecule has 0 spiro atoms. The maximum absolute atomic E-state index is 12.5. The lowest BCUT2D eigenvalue weighted by molar-refractivity contribution is 0.357. The van der Waals surface area contributed by atoms with Crippen molar-refractivity contribution in [3.8, 4) is 0 Å². The molecule has 2 heterocycles. The van der Waals surface area contributed by atoms with Crippen LogP contribution in [0.25, 0.3) is 0 Å². The Hall–Kier alpha value is -0.170. The Labute approximate surface area is 110 Å².